The van der Waals surface area contributed by atoms with Gasteiger partial charge in [-0.2, -0.15) is 20.9 Å². The van der Waals surface area contributed by atoms with Gasteiger partial charge in [0.2, 0.25) is 0 Å². The van der Waals surface area contributed by atoms with Gasteiger partial charge >= 0.3 is 0 Å². The second-order valence-electron chi connectivity index (χ2n) is 6.25. The number of carbonyl (C=O) groups excluding carboxylic acids is 1. The van der Waals surface area contributed by atoms with Crippen LogP contribution >= 0.6 is 15.9 Å². The van der Waals surface area contributed by atoms with E-state index in [1.807, 2.05) is 60.1 Å². The van der Waals surface area contributed by atoms with Crippen LogP contribution in [0.25, 0.3) is 5.69 Å². The van der Waals surface area contributed by atoms with Crippen LogP contribution in [0.3, 0.4) is 0 Å². The summed E-state index contributed by atoms with van der Waals surface area (Å²) >= 11 is 3.39. The summed E-state index contributed by atoms with van der Waals surface area (Å²) in [6.07, 6.45) is 2.34. The molecule has 3 aromatic rings. The highest BCUT2D eigenvalue weighted by Crippen LogP contribution is 2.28. The molecular formula is C23H18BrN5O. The molecule has 148 valence electrons. The maximum absolute atomic E-state index is 12.0. The maximum Gasteiger partial charge on any atom is 0.181 e. The minimum Gasteiger partial charge on any atom is -0.294 e. The fourth-order valence-corrected chi connectivity index (χ4v) is 3.49. The van der Waals surface area contributed by atoms with Crippen LogP contribution in [0, 0.1) is 40.9 Å². The van der Waals surface area contributed by atoms with Gasteiger partial charge in [-0.3, -0.25) is 4.79 Å². The van der Waals surface area contributed by atoms with Crippen LogP contribution in [0.5, 0.6) is 0 Å². The van der Waals surface area contributed by atoms with Crippen LogP contribution in [0.2, 0.25) is 0 Å². The van der Waals surface area contributed by atoms with Crippen molar-refractivity contribution in [2.24, 2.45) is 0 Å². The van der Waals surface area contributed by atoms with Crippen molar-refractivity contribution in [2.45, 2.75) is 26.2 Å². The Balaban J connectivity index is 0.000000265. The lowest BCUT2D eigenvalue weighted by Crippen LogP contribution is -2.13. The lowest BCUT2D eigenvalue weighted by molar-refractivity contribution is 0.0971. The first kappa shape index (κ1) is 22.6. The third-order valence-electron chi connectivity index (χ3n) is 4.29. The van der Waals surface area contributed by atoms with Crippen molar-refractivity contribution < 1.29 is 4.79 Å². The molecule has 0 fully saturated rings. The fourth-order valence-electron chi connectivity index (χ4n) is 3.03. The third-order valence-corrected chi connectivity index (χ3v) is 4.94. The molecule has 0 aliphatic heterocycles. The van der Waals surface area contributed by atoms with Gasteiger partial charge in [-0.1, -0.05) is 36.4 Å². The van der Waals surface area contributed by atoms with Gasteiger partial charge in [0, 0.05) is 10.9 Å². The van der Waals surface area contributed by atoms with E-state index in [4.69, 9.17) is 15.8 Å². The zero-order valence-electron chi connectivity index (χ0n) is 16.3. The smallest absolute Gasteiger partial charge is 0.181 e. The Hall–Kier alpha value is -3.73. The number of carbonyl (C=O) groups is 1. The number of hydrogen-bond donors (Lipinski definition) is 0. The second-order valence-corrected chi connectivity index (χ2v) is 7.10. The van der Waals surface area contributed by atoms with E-state index < -0.39 is 0 Å². The Labute approximate surface area is 183 Å². The summed E-state index contributed by atoms with van der Waals surface area (Å²) in [5.74, 6) is 0.183. The molecule has 0 spiro atoms. The van der Waals surface area contributed by atoms with E-state index in [2.05, 4.69) is 27.1 Å². The molecule has 1 aliphatic carbocycles. The monoisotopic (exact) mass is 459 g/mol. The molecule has 0 saturated heterocycles. The number of nitrogens with zero attached hydrogens (tertiary/aromatic N) is 5. The molecule has 0 bridgehead atoms. The molecule has 1 heterocycles. The molecule has 6 nitrogen and oxygen atoms in total. The van der Waals surface area contributed by atoms with Gasteiger partial charge < -0.3 is 0 Å². The number of nitriles is 3. The Morgan fingerprint density at radius 2 is 1.60 bits per heavy atom. The Kier molecular flexibility index (Phi) is 8.51. The van der Waals surface area contributed by atoms with Crippen LogP contribution < -0.4 is 0 Å². The summed E-state index contributed by atoms with van der Waals surface area (Å²) in [4.78, 5) is 12.0. The quantitative estimate of drug-likeness (QED) is 0.505. The van der Waals surface area contributed by atoms with Gasteiger partial charge in [-0.15, -0.1) is 0 Å². The number of halogens is 1. The highest BCUT2D eigenvalue weighted by atomic mass is 79.9. The highest BCUT2D eigenvalue weighted by Gasteiger charge is 2.25. The van der Waals surface area contributed by atoms with E-state index in [0.717, 1.165) is 40.0 Å². The molecule has 1 aromatic heterocycles. The zero-order chi connectivity index (χ0) is 21.9. The summed E-state index contributed by atoms with van der Waals surface area (Å²) in [5, 5.41) is 28.0. The topological polar surface area (TPSA) is 106 Å². The number of aromatic nitrogens is 2. The van der Waals surface area contributed by atoms with Crippen LogP contribution in [-0.4, -0.2) is 15.6 Å². The zero-order valence-corrected chi connectivity index (χ0v) is 17.9. The summed E-state index contributed by atoms with van der Waals surface area (Å²) in [5.41, 5.74) is 4.00. The van der Waals surface area contributed by atoms with Gasteiger partial charge in [0.05, 0.1) is 28.2 Å². The van der Waals surface area contributed by atoms with E-state index in [9.17, 15) is 4.79 Å². The first-order chi connectivity index (χ1) is 14.5. The van der Waals surface area contributed by atoms with Gasteiger partial charge in [-0.05, 0) is 53.9 Å². The lowest BCUT2D eigenvalue weighted by Gasteiger charge is -2.13. The summed E-state index contributed by atoms with van der Waals surface area (Å²) in [7, 11) is 0. The number of hydrogen-bond acceptors (Lipinski definition) is 5. The normalized spacial score (nSPS) is 11.2. The van der Waals surface area contributed by atoms with Crippen LogP contribution in [0.4, 0.5) is 0 Å². The van der Waals surface area contributed by atoms with Crippen molar-refractivity contribution in [3.8, 4) is 23.9 Å². The number of ketones is 1. The number of benzene rings is 2. The molecule has 1 aliphatic rings. The first-order valence-corrected chi connectivity index (χ1v) is 9.92. The van der Waals surface area contributed by atoms with Crippen LogP contribution in [0.15, 0.2) is 59.1 Å². The number of rotatable bonds is 1. The molecule has 0 radical (unpaired) electrons. The molecule has 0 unspecified atom stereocenters. The molecule has 30 heavy (non-hydrogen) atoms. The first-order valence-electron chi connectivity index (χ1n) is 9.13. The van der Waals surface area contributed by atoms with Crippen molar-refractivity contribution in [2.75, 3.05) is 0 Å². The SMILES string of the molecule is Cc1nn(-c2ccc(C#N)c(Br)c2)c2c1C(=O)CCC2.N#CC#N.c1ccccc1. The lowest BCUT2D eigenvalue weighted by atomic mass is 9.94. The van der Waals surface area contributed by atoms with E-state index in [1.165, 1.54) is 12.1 Å². The Morgan fingerprint density at radius 3 is 2.10 bits per heavy atom. The molecule has 0 N–H and O–H groups in total. The largest absolute Gasteiger partial charge is 0.294 e. The molecule has 0 amide bonds. The van der Waals surface area contributed by atoms with Crippen LogP contribution in [-0.2, 0) is 6.42 Å². The minimum atomic E-state index is 0.183. The van der Waals surface area contributed by atoms with Crippen LogP contribution in [0.1, 0.15) is 40.2 Å². The van der Waals surface area contributed by atoms with Crippen molar-refractivity contribution in [1.82, 2.24) is 9.78 Å². The van der Waals surface area contributed by atoms with Crippen molar-refractivity contribution in [3.63, 3.8) is 0 Å². The molecule has 7 heteroatoms. The molecule has 0 atom stereocenters. The molecule has 2 aromatic carbocycles. The molecule has 4 rings (SSSR count). The van der Waals surface area contributed by atoms with Crippen molar-refractivity contribution in [3.05, 3.63) is 81.6 Å². The maximum atomic E-state index is 12.0. The van der Waals surface area contributed by atoms with E-state index >= 15 is 0 Å². The Morgan fingerprint density at radius 1 is 1.00 bits per heavy atom. The summed E-state index contributed by atoms with van der Waals surface area (Å²) in [6, 6.07) is 22.1. The van der Waals surface area contributed by atoms with Gasteiger partial charge in [-0.25, -0.2) is 4.68 Å². The second kappa shape index (κ2) is 11.3. The van der Waals surface area contributed by atoms with Crippen molar-refractivity contribution >= 4 is 21.7 Å². The number of Topliss-reactive ketones (excluding diaryl/α,β-unsaturated/α-hetero) is 1. The van der Waals surface area contributed by atoms with E-state index in [0.29, 0.717) is 12.0 Å². The molecule has 0 saturated carbocycles. The predicted octanol–water partition coefficient (Wildman–Crippen LogP) is 5.05. The van der Waals surface area contributed by atoms with Gasteiger partial charge in [0.15, 0.2) is 17.9 Å². The average Bonchev–Trinajstić information content (AvgIpc) is 3.13. The van der Waals surface area contributed by atoms with E-state index in [-0.39, 0.29) is 5.78 Å². The third kappa shape index (κ3) is 5.64. The van der Waals surface area contributed by atoms with Gasteiger partial charge in [0.25, 0.3) is 0 Å². The standard InChI is InChI=1S/C15H12BrN3O.C6H6.C2N2/c1-9-15-13(3-2-4-14(15)20)19(18-9)11-6-5-10(8-17)12(16)7-11;1-2-4-6-5-3-1;3-1-2-4/h5-7H,2-4H2,1H3;1-6H;. The van der Waals surface area contributed by atoms with Gasteiger partial charge in [0.1, 0.15) is 6.07 Å². The van der Waals surface area contributed by atoms with Crippen molar-refractivity contribution in [1.29, 1.82) is 15.8 Å². The minimum absolute atomic E-state index is 0.183. The highest BCUT2D eigenvalue weighted by molar-refractivity contribution is 9.10. The average molecular weight is 460 g/mol. The summed E-state index contributed by atoms with van der Waals surface area (Å²) < 4.78 is 2.56. The number of fused-ring (bicyclic) bond motifs is 1. The fraction of sp³-hybridized carbons (Fsp3) is 0.174. The van der Waals surface area contributed by atoms with E-state index in [1.54, 1.807) is 6.07 Å². The predicted molar refractivity (Wildman–Crippen MR) is 116 cm³/mol. The number of aryl methyl sites for hydroxylation is 1. The molecular weight excluding hydrogens is 442 g/mol. The summed E-state index contributed by atoms with van der Waals surface area (Å²) in [6.45, 7) is 1.87. The Bertz CT molecular complexity index is 1110.